The number of aromatic nitrogens is 3. The fourth-order valence-corrected chi connectivity index (χ4v) is 3.30. The van der Waals surface area contributed by atoms with E-state index in [4.69, 9.17) is 4.74 Å². The maximum atomic E-state index is 13.0. The van der Waals surface area contributed by atoms with Crippen LogP contribution in [0.25, 0.3) is 6.08 Å². The largest absolute Gasteiger partial charge is 0.487 e. The number of hydrogen-bond acceptors (Lipinski definition) is 3. The third-order valence-corrected chi connectivity index (χ3v) is 5.47. The van der Waals surface area contributed by atoms with Gasteiger partial charge in [-0.3, -0.25) is 0 Å². The Kier molecular flexibility index (Phi) is 8.36. The first kappa shape index (κ1) is 24.2. The summed E-state index contributed by atoms with van der Waals surface area (Å²) in [6.07, 6.45) is 12.5. The fraction of sp³-hybridized carbons (Fsp3) is 0.286. The maximum absolute atomic E-state index is 13.0. The number of halogens is 1. The average molecular weight is 446 g/mol. The first-order valence-electron chi connectivity index (χ1n) is 11.2. The van der Waals surface area contributed by atoms with Gasteiger partial charge in [0.05, 0.1) is 12.7 Å². The highest BCUT2D eigenvalue weighted by atomic mass is 19.1. The van der Waals surface area contributed by atoms with Crippen molar-refractivity contribution in [2.45, 2.75) is 46.8 Å². The molecule has 0 fully saturated rings. The van der Waals surface area contributed by atoms with Crippen molar-refractivity contribution < 1.29 is 9.13 Å². The predicted octanol–water partition coefficient (Wildman–Crippen LogP) is 7.00. The van der Waals surface area contributed by atoms with Crippen molar-refractivity contribution in [3.63, 3.8) is 0 Å². The van der Waals surface area contributed by atoms with E-state index in [0.717, 1.165) is 35.4 Å². The molecule has 0 radical (unpaired) electrons. The van der Waals surface area contributed by atoms with E-state index in [0.29, 0.717) is 13.2 Å². The Balaban J connectivity index is 1.52. The average Bonchev–Trinajstić information content (AvgIpc) is 3.25. The minimum atomic E-state index is -0.248. The summed E-state index contributed by atoms with van der Waals surface area (Å²) in [5.74, 6) is 0.525. The Morgan fingerprint density at radius 2 is 1.85 bits per heavy atom. The van der Waals surface area contributed by atoms with Gasteiger partial charge in [-0.05, 0) is 62.1 Å². The van der Waals surface area contributed by atoms with Crippen molar-refractivity contribution in [3.05, 3.63) is 108 Å². The van der Waals surface area contributed by atoms with Crippen LogP contribution < -0.4 is 4.74 Å². The summed E-state index contributed by atoms with van der Waals surface area (Å²) in [6.45, 7) is 11.3. The molecule has 172 valence electrons. The van der Waals surface area contributed by atoms with Gasteiger partial charge in [-0.25, -0.2) is 9.07 Å². The Bertz CT molecular complexity index is 1090. The van der Waals surface area contributed by atoms with Crippen LogP contribution in [0, 0.1) is 11.2 Å². The van der Waals surface area contributed by atoms with Crippen LogP contribution in [0.4, 0.5) is 4.39 Å². The van der Waals surface area contributed by atoms with E-state index in [1.807, 2.05) is 36.5 Å². The Hall–Kier alpha value is -3.47. The number of benzene rings is 2. The molecule has 0 aliphatic rings. The normalized spacial score (nSPS) is 13.0. The van der Waals surface area contributed by atoms with Gasteiger partial charge >= 0.3 is 0 Å². The number of allylic oxidation sites excluding steroid dienone is 4. The van der Waals surface area contributed by atoms with E-state index in [2.05, 4.69) is 55.9 Å². The van der Waals surface area contributed by atoms with Crippen molar-refractivity contribution >= 4 is 6.08 Å². The lowest BCUT2D eigenvalue weighted by atomic mass is 9.84. The zero-order valence-corrected chi connectivity index (χ0v) is 19.7. The van der Waals surface area contributed by atoms with Crippen molar-refractivity contribution in [1.82, 2.24) is 15.0 Å². The summed E-state index contributed by atoms with van der Waals surface area (Å²) in [7, 11) is 0. The smallest absolute Gasteiger partial charge is 0.134 e. The zero-order chi connectivity index (χ0) is 23.7. The third kappa shape index (κ3) is 7.86. The minimum absolute atomic E-state index is 0.0408. The number of ether oxygens (including phenoxy) is 1. The number of rotatable bonds is 11. The summed E-state index contributed by atoms with van der Waals surface area (Å²) in [4.78, 5) is 0. The van der Waals surface area contributed by atoms with Crippen molar-refractivity contribution in [2.24, 2.45) is 5.41 Å². The molecule has 0 spiro atoms. The second-order valence-corrected chi connectivity index (χ2v) is 8.76. The van der Waals surface area contributed by atoms with Gasteiger partial charge in [0.1, 0.15) is 23.9 Å². The van der Waals surface area contributed by atoms with Crippen molar-refractivity contribution in [3.8, 4) is 5.75 Å². The molecule has 33 heavy (non-hydrogen) atoms. The van der Waals surface area contributed by atoms with Crippen LogP contribution in [0.5, 0.6) is 5.75 Å². The van der Waals surface area contributed by atoms with Gasteiger partial charge in [0.2, 0.25) is 0 Å². The summed E-state index contributed by atoms with van der Waals surface area (Å²) < 4.78 is 20.6. The Labute approximate surface area is 196 Å². The molecule has 0 amide bonds. The second kappa shape index (κ2) is 11.4. The monoisotopic (exact) mass is 445 g/mol. The molecule has 0 bridgehead atoms. The van der Waals surface area contributed by atoms with E-state index in [1.54, 1.807) is 16.8 Å². The SMILES string of the molecule is C=C[C@@](C)(/C=C/c1ccc(OCc2cn(Cc3ccc(F)cc3)nn2)cc1)CCC=C(C)C. The topological polar surface area (TPSA) is 39.9 Å². The predicted molar refractivity (Wildman–Crippen MR) is 132 cm³/mol. The third-order valence-electron chi connectivity index (χ3n) is 5.47. The maximum Gasteiger partial charge on any atom is 0.134 e. The molecular formula is C28H32FN3O. The molecule has 2 aromatic carbocycles. The van der Waals surface area contributed by atoms with Gasteiger partial charge in [0.15, 0.2) is 0 Å². The number of nitrogens with zero attached hydrogens (tertiary/aromatic N) is 3. The van der Waals surface area contributed by atoms with Crippen LogP contribution >= 0.6 is 0 Å². The van der Waals surface area contributed by atoms with Crippen LogP contribution in [-0.2, 0) is 13.2 Å². The van der Waals surface area contributed by atoms with Gasteiger partial charge < -0.3 is 4.74 Å². The Morgan fingerprint density at radius 3 is 2.52 bits per heavy atom. The van der Waals surface area contributed by atoms with Gasteiger partial charge in [0.25, 0.3) is 0 Å². The molecule has 5 heteroatoms. The zero-order valence-electron chi connectivity index (χ0n) is 19.7. The molecule has 0 saturated heterocycles. The fourth-order valence-electron chi connectivity index (χ4n) is 3.30. The minimum Gasteiger partial charge on any atom is -0.487 e. The molecule has 1 aromatic heterocycles. The lowest BCUT2D eigenvalue weighted by Crippen LogP contribution is -2.08. The molecule has 1 heterocycles. The molecule has 0 aliphatic heterocycles. The molecule has 3 rings (SSSR count). The van der Waals surface area contributed by atoms with Crippen LogP contribution in [0.15, 0.2) is 85.1 Å². The lowest BCUT2D eigenvalue weighted by molar-refractivity contribution is 0.301. The van der Waals surface area contributed by atoms with Gasteiger partial charge in [-0.1, -0.05) is 66.3 Å². The van der Waals surface area contributed by atoms with E-state index >= 15 is 0 Å². The second-order valence-electron chi connectivity index (χ2n) is 8.76. The van der Waals surface area contributed by atoms with Gasteiger partial charge in [0, 0.05) is 5.41 Å². The van der Waals surface area contributed by atoms with Gasteiger partial charge in [-0.2, -0.15) is 0 Å². The van der Waals surface area contributed by atoms with E-state index < -0.39 is 0 Å². The molecular weight excluding hydrogens is 413 g/mol. The highest BCUT2D eigenvalue weighted by Crippen LogP contribution is 2.28. The summed E-state index contributed by atoms with van der Waals surface area (Å²) >= 11 is 0. The first-order chi connectivity index (χ1) is 15.8. The molecule has 4 nitrogen and oxygen atoms in total. The molecule has 0 aliphatic carbocycles. The standard InChI is InChI=1S/C28H32FN3O/c1-5-28(4,17-6-7-22(2)3)18-16-23-10-14-27(15-11-23)33-21-26-20-32(31-30-26)19-24-8-12-25(29)13-9-24/h5,7-16,18,20H,1,6,17,19,21H2,2-4H3/b18-16+/t28-/m1/s1. The Morgan fingerprint density at radius 1 is 1.12 bits per heavy atom. The summed E-state index contributed by atoms with van der Waals surface area (Å²) in [5.41, 5.74) is 4.11. The molecule has 1 atom stereocenters. The van der Waals surface area contributed by atoms with Crippen molar-refractivity contribution in [2.75, 3.05) is 0 Å². The highest BCUT2D eigenvalue weighted by molar-refractivity contribution is 5.52. The molecule has 0 saturated carbocycles. The molecule has 3 aromatic rings. The van der Waals surface area contributed by atoms with E-state index in [-0.39, 0.29) is 11.2 Å². The van der Waals surface area contributed by atoms with Crippen LogP contribution in [-0.4, -0.2) is 15.0 Å². The van der Waals surface area contributed by atoms with E-state index in [9.17, 15) is 4.39 Å². The van der Waals surface area contributed by atoms with E-state index in [1.165, 1.54) is 17.7 Å². The summed E-state index contributed by atoms with van der Waals surface area (Å²) in [5, 5.41) is 8.27. The number of hydrogen-bond donors (Lipinski definition) is 0. The quantitative estimate of drug-likeness (QED) is 0.298. The first-order valence-corrected chi connectivity index (χ1v) is 11.2. The van der Waals surface area contributed by atoms with Crippen LogP contribution in [0.3, 0.4) is 0 Å². The lowest BCUT2D eigenvalue weighted by Gasteiger charge is -2.20. The molecule has 0 N–H and O–H groups in total. The summed E-state index contributed by atoms with van der Waals surface area (Å²) in [6, 6.07) is 14.4. The van der Waals surface area contributed by atoms with Crippen LogP contribution in [0.2, 0.25) is 0 Å². The highest BCUT2D eigenvalue weighted by Gasteiger charge is 2.15. The van der Waals surface area contributed by atoms with Gasteiger partial charge in [-0.15, -0.1) is 11.7 Å². The van der Waals surface area contributed by atoms with Crippen LogP contribution in [0.1, 0.15) is 50.4 Å². The molecule has 0 unspecified atom stereocenters. The van der Waals surface area contributed by atoms with Crippen molar-refractivity contribution in [1.29, 1.82) is 0 Å².